The number of carbonyl (C=O) groups excluding carboxylic acids is 1. The second kappa shape index (κ2) is 9.83. The molecule has 1 aliphatic heterocycles. The van der Waals surface area contributed by atoms with Gasteiger partial charge in [-0.05, 0) is 34.9 Å². The lowest BCUT2D eigenvalue weighted by Crippen LogP contribution is -2.27. The summed E-state index contributed by atoms with van der Waals surface area (Å²) < 4.78 is 16.3. The Bertz CT molecular complexity index is 1090. The molecule has 1 amide bonds. The lowest BCUT2D eigenvalue weighted by Gasteiger charge is -2.23. The Morgan fingerprint density at radius 3 is 2.03 bits per heavy atom. The number of nitrogens with zero attached hydrogens (tertiary/aromatic N) is 1. The van der Waals surface area contributed by atoms with Gasteiger partial charge in [-0.1, -0.05) is 72.4 Å². The highest BCUT2D eigenvalue weighted by Crippen LogP contribution is 2.47. The minimum absolute atomic E-state index is 0.00135. The Morgan fingerprint density at radius 2 is 1.47 bits per heavy atom. The van der Waals surface area contributed by atoms with Crippen molar-refractivity contribution in [3.8, 4) is 17.2 Å². The van der Waals surface area contributed by atoms with Crippen LogP contribution in [0.1, 0.15) is 22.1 Å². The lowest BCUT2D eigenvalue weighted by molar-refractivity contribution is -0.126. The number of hydrogen-bond donors (Lipinski definition) is 0. The number of thioether (sulfide) groups is 1. The van der Waals surface area contributed by atoms with E-state index < -0.39 is 0 Å². The van der Waals surface area contributed by atoms with Crippen LogP contribution in [-0.2, 0) is 11.3 Å². The van der Waals surface area contributed by atoms with Crippen molar-refractivity contribution >= 4 is 23.7 Å². The zero-order valence-electron chi connectivity index (χ0n) is 18.3. The standard InChI is InChI=1S/C26H25NO4S/c1-29-21-14-19(15-22(30-2)24(21)31-3)16-23-25(28)27(17-18-10-6-4-7-11-18)26(32-23)20-12-8-5-9-13-20/h4-16,26H,17H2,1-3H3/b23-16+. The van der Waals surface area contributed by atoms with Crippen molar-refractivity contribution in [2.24, 2.45) is 0 Å². The highest BCUT2D eigenvalue weighted by Gasteiger charge is 2.37. The van der Waals surface area contributed by atoms with Crippen LogP contribution < -0.4 is 14.2 Å². The van der Waals surface area contributed by atoms with Crippen molar-refractivity contribution in [2.75, 3.05) is 21.3 Å². The van der Waals surface area contributed by atoms with E-state index in [9.17, 15) is 4.79 Å². The van der Waals surface area contributed by atoms with Crippen LogP contribution in [0.3, 0.4) is 0 Å². The number of hydrogen-bond acceptors (Lipinski definition) is 5. The van der Waals surface area contributed by atoms with Crippen molar-refractivity contribution in [3.63, 3.8) is 0 Å². The van der Waals surface area contributed by atoms with Gasteiger partial charge in [0.15, 0.2) is 11.5 Å². The van der Waals surface area contributed by atoms with Crippen molar-refractivity contribution in [3.05, 3.63) is 94.4 Å². The van der Waals surface area contributed by atoms with Crippen molar-refractivity contribution in [2.45, 2.75) is 11.9 Å². The van der Waals surface area contributed by atoms with Gasteiger partial charge < -0.3 is 19.1 Å². The van der Waals surface area contributed by atoms with Crippen molar-refractivity contribution in [1.29, 1.82) is 0 Å². The average Bonchev–Trinajstić information content (AvgIpc) is 3.14. The molecule has 164 valence electrons. The minimum atomic E-state index is -0.0998. The molecule has 1 aliphatic rings. The average molecular weight is 448 g/mol. The maximum absolute atomic E-state index is 13.5. The van der Waals surface area contributed by atoms with Gasteiger partial charge in [0.1, 0.15) is 5.37 Å². The smallest absolute Gasteiger partial charge is 0.261 e. The van der Waals surface area contributed by atoms with Crippen LogP contribution in [0.5, 0.6) is 17.2 Å². The van der Waals surface area contributed by atoms with E-state index in [-0.39, 0.29) is 11.3 Å². The minimum Gasteiger partial charge on any atom is -0.493 e. The first-order valence-corrected chi connectivity index (χ1v) is 11.1. The molecule has 0 N–H and O–H groups in total. The van der Waals surface area contributed by atoms with Crippen molar-refractivity contribution < 1.29 is 19.0 Å². The van der Waals surface area contributed by atoms with Crippen LogP contribution in [0.4, 0.5) is 0 Å². The molecule has 1 unspecified atom stereocenters. The first kappa shape index (κ1) is 21.8. The largest absolute Gasteiger partial charge is 0.493 e. The second-order valence-electron chi connectivity index (χ2n) is 7.27. The molecule has 0 radical (unpaired) electrons. The topological polar surface area (TPSA) is 48.0 Å². The highest BCUT2D eigenvalue weighted by atomic mass is 32.2. The molecule has 0 spiro atoms. The van der Waals surface area contributed by atoms with E-state index in [1.54, 1.807) is 33.1 Å². The first-order valence-electron chi connectivity index (χ1n) is 10.2. The highest BCUT2D eigenvalue weighted by molar-refractivity contribution is 8.04. The van der Waals surface area contributed by atoms with E-state index in [4.69, 9.17) is 14.2 Å². The molecule has 32 heavy (non-hydrogen) atoms. The Labute approximate surface area is 192 Å². The summed E-state index contributed by atoms with van der Waals surface area (Å²) in [5, 5.41) is -0.0998. The summed E-state index contributed by atoms with van der Waals surface area (Å²) >= 11 is 1.56. The third-order valence-corrected chi connectivity index (χ3v) is 6.55. The van der Waals surface area contributed by atoms with E-state index in [0.717, 1.165) is 16.7 Å². The van der Waals surface area contributed by atoms with Crippen LogP contribution in [0.25, 0.3) is 6.08 Å². The summed E-state index contributed by atoms with van der Waals surface area (Å²) in [5.41, 5.74) is 3.00. The van der Waals surface area contributed by atoms with Gasteiger partial charge in [0.25, 0.3) is 5.91 Å². The number of carbonyl (C=O) groups is 1. The summed E-state index contributed by atoms with van der Waals surface area (Å²) in [6.45, 7) is 0.541. The lowest BCUT2D eigenvalue weighted by atomic mass is 10.1. The van der Waals surface area contributed by atoms with Crippen LogP contribution in [-0.4, -0.2) is 32.1 Å². The molecule has 1 atom stereocenters. The third kappa shape index (κ3) is 4.46. The van der Waals surface area contributed by atoms with E-state index in [1.165, 1.54) is 0 Å². The Hall–Kier alpha value is -3.38. The monoisotopic (exact) mass is 447 g/mol. The van der Waals surface area contributed by atoms with E-state index in [0.29, 0.717) is 28.7 Å². The number of benzene rings is 3. The summed E-state index contributed by atoms with van der Waals surface area (Å²) in [4.78, 5) is 16.1. The Balaban J connectivity index is 1.72. The fourth-order valence-electron chi connectivity index (χ4n) is 3.71. The van der Waals surface area contributed by atoms with Crippen LogP contribution in [0.2, 0.25) is 0 Å². The van der Waals surface area contributed by atoms with Gasteiger partial charge in [-0.3, -0.25) is 4.79 Å². The Kier molecular flexibility index (Phi) is 6.71. The Morgan fingerprint density at radius 1 is 0.875 bits per heavy atom. The SMILES string of the molecule is COc1cc(/C=C2/SC(c3ccccc3)N(Cc3ccccc3)C2=O)cc(OC)c1OC. The molecule has 1 fully saturated rings. The quantitative estimate of drug-likeness (QED) is 0.446. The molecule has 3 aromatic rings. The first-order chi connectivity index (χ1) is 15.6. The number of amides is 1. The molecule has 6 heteroatoms. The van der Waals surface area contributed by atoms with Gasteiger partial charge in [-0.2, -0.15) is 0 Å². The number of rotatable bonds is 7. The molecule has 0 bridgehead atoms. The number of methoxy groups -OCH3 is 3. The molecular formula is C26H25NO4S. The zero-order chi connectivity index (χ0) is 22.5. The van der Waals surface area contributed by atoms with Gasteiger partial charge in [-0.25, -0.2) is 0 Å². The third-order valence-electron chi connectivity index (χ3n) is 5.26. The fraction of sp³-hybridized carbons (Fsp3) is 0.192. The molecule has 5 nitrogen and oxygen atoms in total. The van der Waals surface area contributed by atoms with Gasteiger partial charge in [0.2, 0.25) is 5.75 Å². The fourth-order valence-corrected chi connectivity index (χ4v) is 4.97. The summed E-state index contributed by atoms with van der Waals surface area (Å²) in [6.07, 6.45) is 1.89. The normalized spacial score (nSPS) is 17.0. The molecule has 4 rings (SSSR count). The summed E-state index contributed by atoms with van der Waals surface area (Å²) in [7, 11) is 4.73. The number of ether oxygens (including phenoxy) is 3. The molecule has 3 aromatic carbocycles. The molecular weight excluding hydrogens is 422 g/mol. The maximum atomic E-state index is 13.5. The molecule has 0 aromatic heterocycles. The van der Waals surface area contributed by atoms with Gasteiger partial charge in [0.05, 0.1) is 26.2 Å². The van der Waals surface area contributed by atoms with Crippen LogP contribution in [0, 0.1) is 0 Å². The van der Waals surface area contributed by atoms with Gasteiger partial charge >= 0.3 is 0 Å². The molecule has 1 heterocycles. The molecule has 0 saturated carbocycles. The maximum Gasteiger partial charge on any atom is 0.261 e. The predicted octanol–water partition coefficient (Wildman–Crippen LogP) is 5.53. The van der Waals surface area contributed by atoms with Gasteiger partial charge in [0, 0.05) is 6.54 Å². The summed E-state index contributed by atoms with van der Waals surface area (Å²) in [5.74, 6) is 1.63. The van der Waals surface area contributed by atoms with E-state index >= 15 is 0 Å². The molecule has 0 aliphatic carbocycles. The van der Waals surface area contributed by atoms with E-state index in [1.807, 2.05) is 71.6 Å². The van der Waals surface area contributed by atoms with Gasteiger partial charge in [-0.15, -0.1) is 0 Å². The van der Waals surface area contributed by atoms with Crippen LogP contribution in [0.15, 0.2) is 77.7 Å². The van der Waals surface area contributed by atoms with E-state index in [2.05, 4.69) is 12.1 Å². The summed E-state index contributed by atoms with van der Waals surface area (Å²) in [6, 6.07) is 23.9. The predicted molar refractivity (Wildman–Crippen MR) is 128 cm³/mol. The van der Waals surface area contributed by atoms with Crippen molar-refractivity contribution in [1.82, 2.24) is 4.90 Å². The zero-order valence-corrected chi connectivity index (χ0v) is 19.1. The molecule has 1 saturated heterocycles. The van der Waals surface area contributed by atoms with Crippen LogP contribution >= 0.6 is 11.8 Å². The second-order valence-corrected chi connectivity index (χ2v) is 8.39.